The lowest BCUT2D eigenvalue weighted by Crippen LogP contribution is -2.33. The Bertz CT molecular complexity index is 934. The highest BCUT2D eigenvalue weighted by Gasteiger charge is 2.33. The van der Waals surface area contributed by atoms with Crippen LogP contribution in [0.15, 0.2) is 30.3 Å². The van der Waals surface area contributed by atoms with Gasteiger partial charge >= 0.3 is 5.97 Å². The number of carbonyl (C=O) groups excluding carboxylic acids is 3. The lowest BCUT2D eigenvalue weighted by atomic mass is 9.95. The van der Waals surface area contributed by atoms with Crippen molar-refractivity contribution in [3.63, 3.8) is 0 Å². The number of ether oxygens (including phenoxy) is 1. The predicted molar refractivity (Wildman–Crippen MR) is 111 cm³/mol. The van der Waals surface area contributed by atoms with Crippen LogP contribution in [0.2, 0.25) is 0 Å². The van der Waals surface area contributed by atoms with E-state index >= 15 is 0 Å². The maximum Gasteiger partial charge on any atom is 0.342 e. The van der Waals surface area contributed by atoms with Crippen LogP contribution in [0.5, 0.6) is 0 Å². The van der Waals surface area contributed by atoms with E-state index in [1.807, 2.05) is 18.2 Å². The van der Waals surface area contributed by atoms with Crippen LogP contribution in [-0.4, -0.2) is 23.8 Å². The lowest BCUT2D eigenvalue weighted by Gasteiger charge is -2.19. The summed E-state index contributed by atoms with van der Waals surface area (Å²) in [5.74, 6) is -1.10. The molecular weight excluding hydrogens is 388 g/mol. The Kier molecular flexibility index (Phi) is 5.67. The molecule has 4 rings (SSSR count). The third-order valence-electron chi connectivity index (χ3n) is 5.15. The Morgan fingerprint density at radius 2 is 1.83 bits per heavy atom. The first-order valence-corrected chi connectivity index (χ1v) is 10.8. The summed E-state index contributed by atoms with van der Waals surface area (Å²) in [6, 6.07) is 9.21. The van der Waals surface area contributed by atoms with Crippen molar-refractivity contribution in [1.29, 1.82) is 0 Å². The number of esters is 1. The number of carbonyl (C=O) groups is 3. The largest absolute Gasteiger partial charge is 0.444 e. The van der Waals surface area contributed by atoms with Crippen molar-refractivity contribution >= 4 is 34.1 Å². The molecule has 152 valence electrons. The van der Waals surface area contributed by atoms with Crippen LogP contribution in [0.3, 0.4) is 0 Å². The minimum atomic E-state index is -1.02. The molecule has 2 amide bonds. The van der Waals surface area contributed by atoms with Gasteiger partial charge in [0.2, 0.25) is 12.0 Å². The molecule has 6 nitrogen and oxygen atoms in total. The first-order valence-electron chi connectivity index (χ1n) is 10.0. The lowest BCUT2D eigenvalue weighted by molar-refractivity contribution is -0.130. The summed E-state index contributed by atoms with van der Waals surface area (Å²) in [6.45, 7) is 1.42. The zero-order chi connectivity index (χ0) is 20.4. The van der Waals surface area contributed by atoms with Gasteiger partial charge in [-0.15, -0.1) is 11.3 Å². The summed E-state index contributed by atoms with van der Waals surface area (Å²) in [5, 5.41) is 6.22. The number of benzene rings is 1. The van der Waals surface area contributed by atoms with Gasteiger partial charge < -0.3 is 15.4 Å². The normalized spacial score (nSPS) is 16.4. The van der Waals surface area contributed by atoms with Crippen molar-refractivity contribution in [3.05, 3.63) is 51.9 Å². The summed E-state index contributed by atoms with van der Waals surface area (Å²) >= 11 is 1.44. The van der Waals surface area contributed by atoms with Crippen LogP contribution in [0.1, 0.15) is 65.1 Å². The first kappa shape index (κ1) is 19.6. The Labute approximate surface area is 173 Å². The molecule has 0 bridgehead atoms. The number of hydrogen-bond donors (Lipinski definition) is 2. The van der Waals surface area contributed by atoms with E-state index in [1.165, 1.54) is 18.3 Å². The van der Waals surface area contributed by atoms with E-state index in [-0.39, 0.29) is 17.9 Å². The molecule has 0 saturated heterocycles. The minimum absolute atomic E-state index is 0.163. The van der Waals surface area contributed by atoms with Gasteiger partial charge in [-0.05, 0) is 44.1 Å². The molecule has 1 aromatic heterocycles. The first-order chi connectivity index (χ1) is 14.0. The number of anilines is 1. The summed E-state index contributed by atoms with van der Waals surface area (Å²) in [7, 11) is 0. The molecule has 0 radical (unpaired) electrons. The van der Waals surface area contributed by atoms with E-state index in [4.69, 9.17) is 4.74 Å². The topological polar surface area (TPSA) is 84.5 Å². The molecule has 2 aliphatic carbocycles. The van der Waals surface area contributed by atoms with Crippen molar-refractivity contribution in [2.24, 2.45) is 0 Å². The fourth-order valence-electron chi connectivity index (χ4n) is 3.60. The summed E-state index contributed by atoms with van der Waals surface area (Å²) in [4.78, 5) is 38.8. The van der Waals surface area contributed by atoms with Gasteiger partial charge in [0.25, 0.3) is 5.91 Å². The molecule has 29 heavy (non-hydrogen) atoms. The number of thiophene rings is 1. The quantitative estimate of drug-likeness (QED) is 0.708. The number of hydrogen-bond acceptors (Lipinski definition) is 5. The third kappa shape index (κ3) is 4.50. The SMILES string of the molecule is CC(=O)Nc1sc2c(c1C(=O)O[C@@H](C(=O)NC1CC1)c1ccccc1)CCCC2. The maximum absolute atomic E-state index is 13.2. The monoisotopic (exact) mass is 412 g/mol. The molecule has 1 atom stereocenters. The fourth-order valence-corrected chi connectivity index (χ4v) is 4.92. The number of nitrogens with one attached hydrogen (secondary N) is 2. The summed E-state index contributed by atoms with van der Waals surface area (Å²) in [6.07, 6.45) is 4.61. The molecular formula is C22H24N2O4S. The van der Waals surface area contributed by atoms with Crippen LogP contribution in [0.25, 0.3) is 0 Å². The second kappa shape index (κ2) is 8.37. The molecule has 0 aliphatic heterocycles. The Balaban J connectivity index is 1.64. The third-order valence-corrected chi connectivity index (χ3v) is 6.36. The molecule has 1 fully saturated rings. The Morgan fingerprint density at radius 1 is 1.10 bits per heavy atom. The number of amides is 2. The highest BCUT2D eigenvalue weighted by molar-refractivity contribution is 7.17. The molecule has 1 aromatic carbocycles. The maximum atomic E-state index is 13.2. The summed E-state index contributed by atoms with van der Waals surface area (Å²) in [5.41, 5.74) is 1.98. The molecule has 0 spiro atoms. The van der Waals surface area contributed by atoms with E-state index in [9.17, 15) is 14.4 Å². The van der Waals surface area contributed by atoms with E-state index < -0.39 is 12.1 Å². The smallest absolute Gasteiger partial charge is 0.342 e. The standard InChI is InChI=1S/C22H24N2O4S/c1-13(25)23-21-18(16-9-5-6-10-17(16)29-21)22(27)28-19(14-7-3-2-4-8-14)20(26)24-15-11-12-15/h2-4,7-8,15,19H,5-6,9-12H2,1H3,(H,23,25)(H,24,26)/t19-/m1/s1. The Hall–Kier alpha value is -2.67. The van der Waals surface area contributed by atoms with E-state index in [1.54, 1.807) is 12.1 Å². The number of rotatable bonds is 6. The molecule has 0 unspecified atom stereocenters. The van der Waals surface area contributed by atoms with Crippen molar-refractivity contribution in [3.8, 4) is 0 Å². The number of fused-ring (bicyclic) bond motifs is 1. The van der Waals surface area contributed by atoms with Crippen LogP contribution in [-0.2, 0) is 27.2 Å². The molecule has 7 heteroatoms. The van der Waals surface area contributed by atoms with E-state index in [0.29, 0.717) is 16.1 Å². The van der Waals surface area contributed by atoms with Gasteiger partial charge in [-0.25, -0.2) is 4.79 Å². The van der Waals surface area contributed by atoms with Crippen LogP contribution in [0, 0.1) is 0 Å². The second-order valence-corrected chi connectivity index (χ2v) is 8.68. The zero-order valence-electron chi connectivity index (χ0n) is 16.3. The highest BCUT2D eigenvalue weighted by Crippen LogP contribution is 2.39. The second-order valence-electron chi connectivity index (χ2n) is 7.58. The fraction of sp³-hybridized carbons (Fsp3) is 0.409. The average Bonchev–Trinajstić information content (AvgIpc) is 3.44. The van der Waals surface area contributed by atoms with Crippen molar-refractivity contribution in [2.45, 2.75) is 57.6 Å². The van der Waals surface area contributed by atoms with Crippen molar-refractivity contribution in [2.75, 3.05) is 5.32 Å². The van der Waals surface area contributed by atoms with Crippen LogP contribution >= 0.6 is 11.3 Å². The Morgan fingerprint density at radius 3 is 2.52 bits per heavy atom. The highest BCUT2D eigenvalue weighted by atomic mass is 32.1. The summed E-state index contributed by atoms with van der Waals surface area (Å²) < 4.78 is 5.76. The van der Waals surface area contributed by atoms with Crippen molar-refractivity contribution in [1.82, 2.24) is 5.32 Å². The van der Waals surface area contributed by atoms with Gasteiger partial charge in [0.1, 0.15) is 5.00 Å². The van der Waals surface area contributed by atoms with Gasteiger partial charge in [-0.3, -0.25) is 9.59 Å². The van der Waals surface area contributed by atoms with Gasteiger partial charge in [-0.1, -0.05) is 30.3 Å². The molecule has 1 saturated carbocycles. The zero-order valence-corrected chi connectivity index (χ0v) is 17.1. The molecule has 2 N–H and O–H groups in total. The molecule has 1 heterocycles. The van der Waals surface area contributed by atoms with E-state index in [2.05, 4.69) is 10.6 Å². The van der Waals surface area contributed by atoms with Crippen molar-refractivity contribution < 1.29 is 19.1 Å². The predicted octanol–water partition coefficient (Wildman–Crippen LogP) is 3.76. The van der Waals surface area contributed by atoms with Gasteiger partial charge in [0, 0.05) is 23.4 Å². The van der Waals surface area contributed by atoms with E-state index in [0.717, 1.165) is 49.0 Å². The molecule has 2 aromatic rings. The van der Waals surface area contributed by atoms with Gasteiger partial charge in [0.05, 0.1) is 5.56 Å². The molecule has 2 aliphatic rings. The average molecular weight is 413 g/mol. The van der Waals surface area contributed by atoms with Gasteiger partial charge in [0.15, 0.2) is 0 Å². The minimum Gasteiger partial charge on any atom is -0.444 e. The van der Waals surface area contributed by atoms with Gasteiger partial charge in [-0.2, -0.15) is 0 Å². The number of aryl methyl sites for hydroxylation is 1. The van der Waals surface area contributed by atoms with Crippen LogP contribution < -0.4 is 10.6 Å². The van der Waals surface area contributed by atoms with Crippen LogP contribution in [0.4, 0.5) is 5.00 Å².